The summed E-state index contributed by atoms with van der Waals surface area (Å²) in [6, 6.07) is 14.8. The van der Waals surface area contributed by atoms with Crippen molar-refractivity contribution in [3.63, 3.8) is 0 Å². The third kappa shape index (κ3) is 5.24. The van der Waals surface area contributed by atoms with Crippen LogP contribution in [0.25, 0.3) is 0 Å². The minimum atomic E-state index is -0.117. The first kappa shape index (κ1) is 19.3. The standard InChI is InChI=1S/C20H24N2O4/c1-15(23)22(17-7-5-4-6-8-17)12-11-21-20(24)14-16-9-10-18(25-2)19(13-16)26-3/h4-10,13H,11-12,14H2,1-3H3,(H,21,24). The molecule has 2 rings (SSSR count). The first-order valence-electron chi connectivity index (χ1n) is 8.36. The van der Waals surface area contributed by atoms with E-state index < -0.39 is 0 Å². The summed E-state index contributed by atoms with van der Waals surface area (Å²) in [6.07, 6.45) is 0.228. The van der Waals surface area contributed by atoms with Gasteiger partial charge in [0.1, 0.15) is 0 Å². The van der Waals surface area contributed by atoms with Crippen molar-refractivity contribution in [3.8, 4) is 11.5 Å². The molecule has 26 heavy (non-hydrogen) atoms. The van der Waals surface area contributed by atoms with Gasteiger partial charge < -0.3 is 19.7 Å². The predicted octanol–water partition coefficient (Wildman–Crippen LogP) is 2.42. The lowest BCUT2D eigenvalue weighted by molar-refractivity contribution is -0.121. The van der Waals surface area contributed by atoms with Crippen molar-refractivity contribution in [3.05, 3.63) is 54.1 Å². The summed E-state index contributed by atoms with van der Waals surface area (Å²) in [6.45, 7) is 2.30. The number of nitrogens with one attached hydrogen (secondary N) is 1. The molecule has 0 radical (unpaired) electrons. The van der Waals surface area contributed by atoms with E-state index in [1.165, 1.54) is 6.92 Å². The molecule has 0 bridgehead atoms. The Bertz CT molecular complexity index is 747. The van der Waals surface area contributed by atoms with Crippen LogP contribution in [0, 0.1) is 0 Å². The van der Waals surface area contributed by atoms with Crippen molar-refractivity contribution in [2.24, 2.45) is 0 Å². The van der Waals surface area contributed by atoms with Gasteiger partial charge in [0.25, 0.3) is 0 Å². The number of rotatable bonds is 8. The maximum absolute atomic E-state index is 12.2. The molecule has 0 heterocycles. The Labute approximate surface area is 153 Å². The van der Waals surface area contributed by atoms with Gasteiger partial charge in [-0.05, 0) is 29.8 Å². The number of nitrogens with zero attached hydrogens (tertiary/aromatic N) is 1. The van der Waals surface area contributed by atoms with E-state index in [0.717, 1.165) is 11.3 Å². The van der Waals surface area contributed by atoms with Crippen LogP contribution in [0.15, 0.2) is 48.5 Å². The third-order valence-electron chi connectivity index (χ3n) is 3.92. The number of anilines is 1. The Hall–Kier alpha value is -3.02. The van der Waals surface area contributed by atoms with Crippen molar-refractivity contribution in [2.45, 2.75) is 13.3 Å². The normalized spacial score (nSPS) is 10.1. The van der Waals surface area contributed by atoms with E-state index in [4.69, 9.17) is 9.47 Å². The lowest BCUT2D eigenvalue weighted by Crippen LogP contribution is -2.38. The molecule has 2 amide bonds. The van der Waals surface area contributed by atoms with Gasteiger partial charge in [-0.2, -0.15) is 0 Å². The number of hydrogen-bond acceptors (Lipinski definition) is 4. The van der Waals surface area contributed by atoms with Crippen LogP contribution in [-0.2, 0) is 16.0 Å². The summed E-state index contributed by atoms with van der Waals surface area (Å²) < 4.78 is 10.4. The Morgan fingerprint density at radius 1 is 1.00 bits per heavy atom. The summed E-state index contributed by atoms with van der Waals surface area (Å²) in [5.41, 5.74) is 1.64. The average molecular weight is 356 g/mol. The molecule has 138 valence electrons. The molecule has 0 unspecified atom stereocenters. The number of amides is 2. The predicted molar refractivity (Wildman–Crippen MR) is 101 cm³/mol. The Kier molecular flexibility index (Phi) is 7.02. The molecule has 2 aromatic carbocycles. The van der Waals surface area contributed by atoms with Crippen LogP contribution in [0.5, 0.6) is 11.5 Å². The number of ether oxygens (including phenoxy) is 2. The van der Waals surface area contributed by atoms with Crippen molar-refractivity contribution in [2.75, 3.05) is 32.2 Å². The molecule has 1 N–H and O–H groups in total. The summed E-state index contributed by atoms with van der Waals surface area (Å²) in [5, 5.41) is 2.85. The van der Waals surface area contributed by atoms with E-state index >= 15 is 0 Å². The molecule has 6 nitrogen and oxygen atoms in total. The van der Waals surface area contributed by atoms with Crippen LogP contribution in [0.1, 0.15) is 12.5 Å². The SMILES string of the molecule is COc1ccc(CC(=O)NCCN(C(C)=O)c2ccccc2)cc1OC. The minimum Gasteiger partial charge on any atom is -0.493 e. The molecule has 2 aromatic rings. The Morgan fingerprint density at radius 2 is 1.69 bits per heavy atom. The van der Waals surface area contributed by atoms with Gasteiger partial charge in [-0.25, -0.2) is 0 Å². The van der Waals surface area contributed by atoms with Crippen LogP contribution in [0.3, 0.4) is 0 Å². The maximum atomic E-state index is 12.2. The summed E-state index contributed by atoms with van der Waals surface area (Å²) in [4.78, 5) is 25.6. The fraction of sp³-hybridized carbons (Fsp3) is 0.300. The second-order valence-electron chi connectivity index (χ2n) is 5.72. The van der Waals surface area contributed by atoms with Gasteiger partial charge in [0, 0.05) is 25.7 Å². The molecular weight excluding hydrogens is 332 g/mol. The zero-order valence-corrected chi connectivity index (χ0v) is 15.3. The number of benzene rings is 2. The first-order chi connectivity index (χ1) is 12.5. The van der Waals surface area contributed by atoms with Crippen LogP contribution in [0.2, 0.25) is 0 Å². The molecule has 0 saturated heterocycles. The molecular formula is C20H24N2O4. The number of para-hydroxylation sites is 1. The van der Waals surface area contributed by atoms with Crippen molar-refractivity contribution < 1.29 is 19.1 Å². The van der Waals surface area contributed by atoms with E-state index in [1.54, 1.807) is 31.3 Å². The second kappa shape index (κ2) is 9.46. The molecule has 0 aliphatic rings. The molecule has 0 atom stereocenters. The van der Waals surface area contributed by atoms with Crippen molar-refractivity contribution in [1.82, 2.24) is 5.32 Å². The largest absolute Gasteiger partial charge is 0.493 e. The molecule has 0 aromatic heterocycles. The molecule has 0 aliphatic heterocycles. The molecule has 0 aliphatic carbocycles. The highest BCUT2D eigenvalue weighted by atomic mass is 16.5. The zero-order chi connectivity index (χ0) is 18.9. The van der Waals surface area contributed by atoms with Crippen LogP contribution in [-0.4, -0.2) is 39.1 Å². The molecule has 0 spiro atoms. The van der Waals surface area contributed by atoms with Crippen LogP contribution >= 0.6 is 0 Å². The minimum absolute atomic E-state index is 0.0645. The van der Waals surface area contributed by atoms with Gasteiger partial charge in [0.2, 0.25) is 11.8 Å². The average Bonchev–Trinajstić information content (AvgIpc) is 2.65. The van der Waals surface area contributed by atoms with Gasteiger partial charge in [-0.15, -0.1) is 0 Å². The highest BCUT2D eigenvalue weighted by Gasteiger charge is 2.12. The van der Waals surface area contributed by atoms with Crippen molar-refractivity contribution >= 4 is 17.5 Å². The Morgan fingerprint density at radius 3 is 2.31 bits per heavy atom. The maximum Gasteiger partial charge on any atom is 0.224 e. The summed E-state index contributed by atoms with van der Waals surface area (Å²) >= 11 is 0. The number of carbonyl (C=O) groups excluding carboxylic acids is 2. The van der Waals surface area contributed by atoms with E-state index in [2.05, 4.69) is 5.32 Å². The van der Waals surface area contributed by atoms with E-state index in [9.17, 15) is 9.59 Å². The van der Waals surface area contributed by atoms with Crippen LogP contribution < -0.4 is 19.7 Å². The van der Waals surface area contributed by atoms with E-state index in [1.807, 2.05) is 36.4 Å². The third-order valence-corrected chi connectivity index (χ3v) is 3.92. The van der Waals surface area contributed by atoms with Crippen LogP contribution in [0.4, 0.5) is 5.69 Å². The zero-order valence-electron chi connectivity index (χ0n) is 15.3. The smallest absolute Gasteiger partial charge is 0.224 e. The Balaban J connectivity index is 1.89. The highest BCUT2D eigenvalue weighted by Crippen LogP contribution is 2.27. The van der Waals surface area contributed by atoms with Gasteiger partial charge in [-0.3, -0.25) is 9.59 Å². The summed E-state index contributed by atoms with van der Waals surface area (Å²) in [5.74, 6) is 1.03. The highest BCUT2D eigenvalue weighted by molar-refractivity contribution is 5.91. The number of carbonyl (C=O) groups is 2. The fourth-order valence-corrected chi connectivity index (χ4v) is 2.62. The first-order valence-corrected chi connectivity index (χ1v) is 8.36. The molecule has 0 fully saturated rings. The quantitative estimate of drug-likeness (QED) is 0.789. The van der Waals surface area contributed by atoms with Gasteiger partial charge in [-0.1, -0.05) is 24.3 Å². The second-order valence-corrected chi connectivity index (χ2v) is 5.72. The van der Waals surface area contributed by atoms with Gasteiger partial charge in [0.15, 0.2) is 11.5 Å². The van der Waals surface area contributed by atoms with Gasteiger partial charge in [0.05, 0.1) is 20.6 Å². The molecule has 6 heteroatoms. The lowest BCUT2D eigenvalue weighted by Gasteiger charge is -2.21. The molecule has 0 saturated carbocycles. The number of methoxy groups -OCH3 is 2. The topological polar surface area (TPSA) is 67.9 Å². The van der Waals surface area contributed by atoms with E-state index in [0.29, 0.717) is 24.6 Å². The fourth-order valence-electron chi connectivity index (χ4n) is 2.62. The number of hydrogen-bond donors (Lipinski definition) is 1. The van der Waals surface area contributed by atoms with E-state index in [-0.39, 0.29) is 18.2 Å². The van der Waals surface area contributed by atoms with Crippen molar-refractivity contribution in [1.29, 1.82) is 0 Å². The lowest BCUT2D eigenvalue weighted by atomic mass is 10.1. The summed E-state index contributed by atoms with van der Waals surface area (Å²) in [7, 11) is 3.12. The van der Waals surface area contributed by atoms with Gasteiger partial charge >= 0.3 is 0 Å². The monoisotopic (exact) mass is 356 g/mol.